The maximum Gasteiger partial charge on any atom is 0.191 e. The fourth-order valence-electron chi connectivity index (χ4n) is 2.72. The van der Waals surface area contributed by atoms with Crippen LogP contribution in [0.4, 0.5) is 0 Å². The molecule has 1 atom stereocenters. The molecule has 1 unspecified atom stereocenters. The van der Waals surface area contributed by atoms with E-state index < -0.39 is 0 Å². The molecule has 3 rings (SSSR count). The van der Waals surface area contributed by atoms with Crippen molar-refractivity contribution < 1.29 is 0 Å². The number of guanidine groups is 1. The van der Waals surface area contributed by atoms with Crippen molar-refractivity contribution in [1.29, 1.82) is 0 Å². The molecule has 0 spiro atoms. The molecule has 2 N–H and O–H groups in total. The van der Waals surface area contributed by atoms with Gasteiger partial charge in [0.05, 0.1) is 13.1 Å². The van der Waals surface area contributed by atoms with Crippen molar-refractivity contribution in [2.24, 2.45) is 12.0 Å². The summed E-state index contributed by atoms with van der Waals surface area (Å²) in [6.07, 6.45) is 3.49. The largest absolute Gasteiger partial charge is 0.352 e. The molecule has 0 radical (unpaired) electrons. The number of nitrogens with zero attached hydrogens (tertiary/aromatic N) is 7. The first kappa shape index (κ1) is 16.4. The fourth-order valence-corrected chi connectivity index (χ4v) is 2.72. The average Bonchev–Trinajstić information content (AvgIpc) is 3.17. The van der Waals surface area contributed by atoms with Crippen LogP contribution in [0.25, 0.3) is 0 Å². The lowest BCUT2D eigenvalue weighted by Gasteiger charge is -2.25. The summed E-state index contributed by atoms with van der Waals surface area (Å²) >= 11 is 0. The highest BCUT2D eigenvalue weighted by molar-refractivity contribution is 5.79. The highest BCUT2D eigenvalue weighted by Gasteiger charge is 2.23. The van der Waals surface area contributed by atoms with Gasteiger partial charge in [-0.2, -0.15) is 10.2 Å². The van der Waals surface area contributed by atoms with Crippen LogP contribution < -0.4 is 10.6 Å². The molecule has 0 aliphatic carbocycles. The Kier molecular flexibility index (Phi) is 4.77. The molecule has 3 heterocycles. The van der Waals surface area contributed by atoms with Gasteiger partial charge < -0.3 is 10.6 Å². The van der Waals surface area contributed by atoms with Gasteiger partial charge in [0.2, 0.25) is 0 Å². The van der Waals surface area contributed by atoms with E-state index in [1.807, 2.05) is 11.7 Å². The molecule has 2 aromatic heterocycles. The first-order valence-corrected chi connectivity index (χ1v) is 8.30. The van der Waals surface area contributed by atoms with Crippen molar-refractivity contribution in [3.8, 4) is 0 Å². The van der Waals surface area contributed by atoms with Gasteiger partial charge in [0.1, 0.15) is 18.0 Å². The van der Waals surface area contributed by atoms with Crippen LogP contribution in [-0.2, 0) is 26.6 Å². The molecule has 2 aromatic rings. The molecule has 0 amide bonds. The molecule has 0 saturated heterocycles. The van der Waals surface area contributed by atoms with Crippen molar-refractivity contribution in [2.75, 3.05) is 7.05 Å². The quantitative estimate of drug-likeness (QED) is 0.614. The zero-order valence-corrected chi connectivity index (χ0v) is 14.7. The standard InChI is InChI=1S/C15H25N9/c1-10(2)14-21-12-6-5-11(8-24(12)22-14)20-15(16-3)17-7-13-18-9-19-23(13)4/h9-11H,5-8H2,1-4H3,(H2,16,17,20). The van der Waals surface area contributed by atoms with Gasteiger partial charge in [-0.3, -0.25) is 9.67 Å². The first-order valence-electron chi connectivity index (χ1n) is 8.30. The van der Waals surface area contributed by atoms with Gasteiger partial charge in [-0.15, -0.1) is 0 Å². The second kappa shape index (κ2) is 6.98. The summed E-state index contributed by atoms with van der Waals surface area (Å²) in [4.78, 5) is 13.1. The Hall–Kier alpha value is -2.45. The Balaban J connectivity index is 1.57. The van der Waals surface area contributed by atoms with E-state index in [-0.39, 0.29) is 6.04 Å². The van der Waals surface area contributed by atoms with Gasteiger partial charge in [-0.25, -0.2) is 14.6 Å². The van der Waals surface area contributed by atoms with E-state index in [1.165, 1.54) is 0 Å². The van der Waals surface area contributed by atoms with Gasteiger partial charge in [0.25, 0.3) is 0 Å². The second-order valence-corrected chi connectivity index (χ2v) is 6.33. The molecule has 9 nitrogen and oxygen atoms in total. The van der Waals surface area contributed by atoms with E-state index in [2.05, 4.69) is 49.6 Å². The normalized spacial score (nSPS) is 17.9. The monoisotopic (exact) mass is 331 g/mol. The minimum atomic E-state index is 0.282. The van der Waals surface area contributed by atoms with Gasteiger partial charge in [-0.1, -0.05) is 13.8 Å². The summed E-state index contributed by atoms with van der Waals surface area (Å²) in [5.74, 6) is 3.99. The zero-order valence-electron chi connectivity index (χ0n) is 14.7. The van der Waals surface area contributed by atoms with Crippen molar-refractivity contribution in [2.45, 2.75) is 51.7 Å². The van der Waals surface area contributed by atoms with Crippen molar-refractivity contribution in [1.82, 2.24) is 40.2 Å². The second-order valence-electron chi connectivity index (χ2n) is 6.33. The lowest BCUT2D eigenvalue weighted by atomic mass is 10.1. The minimum absolute atomic E-state index is 0.282. The summed E-state index contributed by atoms with van der Waals surface area (Å²) in [7, 11) is 3.65. The molecule has 24 heavy (non-hydrogen) atoms. The molecule has 1 aliphatic rings. The van der Waals surface area contributed by atoms with Crippen LogP contribution in [0.5, 0.6) is 0 Å². The maximum atomic E-state index is 4.62. The van der Waals surface area contributed by atoms with Gasteiger partial charge in [0.15, 0.2) is 11.8 Å². The highest BCUT2D eigenvalue weighted by Crippen LogP contribution is 2.16. The van der Waals surface area contributed by atoms with E-state index in [1.54, 1.807) is 18.1 Å². The predicted molar refractivity (Wildman–Crippen MR) is 90.6 cm³/mol. The number of fused-ring (bicyclic) bond motifs is 1. The van der Waals surface area contributed by atoms with E-state index in [0.29, 0.717) is 12.5 Å². The molecule has 1 aliphatic heterocycles. The summed E-state index contributed by atoms with van der Waals surface area (Å²) < 4.78 is 3.77. The number of hydrogen-bond donors (Lipinski definition) is 2. The number of hydrogen-bond acceptors (Lipinski definition) is 5. The molecule has 0 aromatic carbocycles. The van der Waals surface area contributed by atoms with Crippen LogP contribution in [0.2, 0.25) is 0 Å². The maximum absolute atomic E-state index is 4.62. The number of aromatic nitrogens is 6. The molecule has 130 valence electrons. The van der Waals surface area contributed by atoms with Crippen LogP contribution in [0, 0.1) is 0 Å². The van der Waals surface area contributed by atoms with Crippen molar-refractivity contribution in [3.05, 3.63) is 23.8 Å². The topological polar surface area (TPSA) is 97.8 Å². The number of aryl methyl sites for hydroxylation is 2. The first-order chi connectivity index (χ1) is 11.6. The van der Waals surface area contributed by atoms with Crippen LogP contribution in [0.1, 0.15) is 43.7 Å². The summed E-state index contributed by atoms with van der Waals surface area (Å²) in [6.45, 7) is 5.62. The Morgan fingerprint density at radius 3 is 2.96 bits per heavy atom. The Bertz CT molecular complexity index is 712. The van der Waals surface area contributed by atoms with E-state index in [9.17, 15) is 0 Å². The minimum Gasteiger partial charge on any atom is -0.352 e. The summed E-state index contributed by atoms with van der Waals surface area (Å²) in [6, 6.07) is 0.282. The molecule has 0 fully saturated rings. The highest BCUT2D eigenvalue weighted by atomic mass is 15.4. The SMILES string of the molecule is CN=C(NCc1ncnn1C)NC1CCc2nc(C(C)C)nn2C1. The molecular weight excluding hydrogens is 306 g/mol. The smallest absolute Gasteiger partial charge is 0.191 e. The van der Waals surface area contributed by atoms with E-state index >= 15 is 0 Å². The molecule has 0 saturated carbocycles. The lowest BCUT2D eigenvalue weighted by molar-refractivity contribution is 0.391. The molecule has 0 bridgehead atoms. The third-order valence-electron chi connectivity index (χ3n) is 4.17. The van der Waals surface area contributed by atoms with Crippen LogP contribution in [0.15, 0.2) is 11.3 Å². The third kappa shape index (κ3) is 3.55. The third-order valence-corrected chi connectivity index (χ3v) is 4.17. The Morgan fingerprint density at radius 1 is 1.46 bits per heavy atom. The Labute approximate surface area is 141 Å². The molecule has 9 heteroatoms. The lowest BCUT2D eigenvalue weighted by Crippen LogP contribution is -2.47. The number of nitrogens with one attached hydrogen (secondary N) is 2. The average molecular weight is 331 g/mol. The van der Waals surface area contributed by atoms with Crippen LogP contribution in [0.3, 0.4) is 0 Å². The van der Waals surface area contributed by atoms with Gasteiger partial charge in [-0.05, 0) is 6.42 Å². The van der Waals surface area contributed by atoms with E-state index in [0.717, 1.165) is 42.8 Å². The molecular formula is C15H25N9. The zero-order chi connectivity index (χ0) is 17.1. The summed E-state index contributed by atoms with van der Waals surface area (Å²) in [5.41, 5.74) is 0. The van der Waals surface area contributed by atoms with Crippen LogP contribution >= 0.6 is 0 Å². The van der Waals surface area contributed by atoms with Gasteiger partial charge >= 0.3 is 0 Å². The number of aliphatic imine (C=N–C) groups is 1. The predicted octanol–water partition coefficient (Wildman–Crippen LogP) is 0.210. The fraction of sp³-hybridized carbons (Fsp3) is 0.667. The Morgan fingerprint density at radius 2 is 2.29 bits per heavy atom. The van der Waals surface area contributed by atoms with Crippen LogP contribution in [-0.4, -0.2) is 48.6 Å². The van der Waals surface area contributed by atoms with Crippen molar-refractivity contribution >= 4 is 5.96 Å². The van der Waals surface area contributed by atoms with Gasteiger partial charge in [0, 0.05) is 32.5 Å². The number of rotatable bonds is 4. The summed E-state index contributed by atoms with van der Waals surface area (Å²) in [5, 5.41) is 15.4. The van der Waals surface area contributed by atoms with E-state index in [4.69, 9.17) is 0 Å². The van der Waals surface area contributed by atoms with Crippen molar-refractivity contribution in [3.63, 3.8) is 0 Å².